The first-order valence-corrected chi connectivity index (χ1v) is 11.0. The number of ether oxygens (including phenoxy) is 2. The van der Waals surface area contributed by atoms with E-state index in [9.17, 15) is 5.11 Å². The van der Waals surface area contributed by atoms with E-state index in [1.54, 1.807) is 0 Å². The van der Waals surface area contributed by atoms with Crippen molar-refractivity contribution in [2.75, 3.05) is 6.61 Å². The van der Waals surface area contributed by atoms with Crippen molar-refractivity contribution >= 4 is 24.0 Å². The van der Waals surface area contributed by atoms with E-state index in [-0.39, 0.29) is 18.4 Å². The van der Waals surface area contributed by atoms with Gasteiger partial charge < -0.3 is 19.9 Å². The molecule has 0 aliphatic heterocycles. The highest BCUT2D eigenvalue weighted by Crippen LogP contribution is 2.37. The average Bonchev–Trinajstić information content (AvgIpc) is 2.78. The molecule has 3 rings (SSSR count). The lowest BCUT2D eigenvalue weighted by atomic mass is 10.0. The summed E-state index contributed by atoms with van der Waals surface area (Å²) in [6.45, 7) is 7.42. The quantitative estimate of drug-likeness (QED) is 0.363. The SMILES string of the molecule is CCOc1cc(CNC(C)C(O)c2ccccc2)cc(Cl)c1OCc1ccc(C)cc1.Cl. The highest BCUT2D eigenvalue weighted by molar-refractivity contribution is 6.32. The van der Waals surface area contributed by atoms with Gasteiger partial charge in [-0.05, 0) is 49.6 Å². The van der Waals surface area contributed by atoms with Crippen LogP contribution in [-0.4, -0.2) is 17.8 Å². The Morgan fingerprint density at radius 1 is 0.969 bits per heavy atom. The largest absolute Gasteiger partial charge is 0.490 e. The van der Waals surface area contributed by atoms with Crippen molar-refractivity contribution < 1.29 is 14.6 Å². The normalized spacial score (nSPS) is 12.5. The second kappa shape index (κ2) is 12.7. The van der Waals surface area contributed by atoms with E-state index >= 15 is 0 Å². The van der Waals surface area contributed by atoms with Crippen LogP contribution in [0.3, 0.4) is 0 Å². The Bertz CT molecular complexity index is 965. The van der Waals surface area contributed by atoms with Gasteiger partial charge in [-0.15, -0.1) is 12.4 Å². The Morgan fingerprint density at radius 3 is 2.31 bits per heavy atom. The van der Waals surface area contributed by atoms with E-state index < -0.39 is 6.10 Å². The molecule has 2 unspecified atom stereocenters. The van der Waals surface area contributed by atoms with Gasteiger partial charge in [-0.1, -0.05) is 71.8 Å². The first-order chi connectivity index (χ1) is 15.0. The molecule has 0 bridgehead atoms. The second-order valence-electron chi connectivity index (χ2n) is 7.64. The van der Waals surface area contributed by atoms with Crippen LogP contribution in [0.4, 0.5) is 0 Å². The molecule has 0 aliphatic rings. The van der Waals surface area contributed by atoms with Gasteiger partial charge in [-0.2, -0.15) is 0 Å². The fourth-order valence-corrected chi connectivity index (χ4v) is 3.58. The molecule has 0 radical (unpaired) electrons. The smallest absolute Gasteiger partial charge is 0.180 e. The summed E-state index contributed by atoms with van der Waals surface area (Å²) in [5.41, 5.74) is 4.12. The molecule has 0 amide bonds. The van der Waals surface area contributed by atoms with Crippen LogP contribution >= 0.6 is 24.0 Å². The monoisotopic (exact) mass is 475 g/mol. The highest BCUT2D eigenvalue weighted by atomic mass is 35.5. The van der Waals surface area contributed by atoms with Gasteiger partial charge in [0.15, 0.2) is 11.5 Å². The van der Waals surface area contributed by atoms with Gasteiger partial charge in [0, 0.05) is 12.6 Å². The van der Waals surface area contributed by atoms with Crippen molar-refractivity contribution in [3.05, 3.63) is 94.0 Å². The second-order valence-corrected chi connectivity index (χ2v) is 8.04. The third-order valence-electron chi connectivity index (χ3n) is 5.12. The summed E-state index contributed by atoms with van der Waals surface area (Å²) >= 11 is 6.55. The predicted octanol–water partition coefficient (Wildman–Crippen LogP) is 6.26. The molecule has 2 N–H and O–H groups in total. The Labute approximate surface area is 201 Å². The third kappa shape index (κ3) is 7.14. The van der Waals surface area contributed by atoms with Gasteiger partial charge in [0.1, 0.15) is 6.61 Å². The Morgan fingerprint density at radius 2 is 1.66 bits per heavy atom. The van der Waals surface area contributed by atoms with Crippen LogP contribution < -0.4 is 14.8 Å². The molecule has 0 saturated carbocycles. The molecule has 0 spiro atoms. The molecule has 3 aromatic rings. The zero-order chi connectivity index (χ0) is 22.2. The summed E-state index contributed by atoms with van der Waals surface area (Å²) in [7, 11) is 0. The van der Waals surface area contributed by atoms with E-state index in [0.717, 1.165) is 16.7 Å². The first kappa shape index (κ1) is 26.0. The molecule has 0 aliphatic carbocycles. The van der Waals surface area contributed by atoms with Crippen LogP contribution in [-0.2, 0) is 13.2 Å². The maximum Gasteiger partial charge on any atom is 0.180 e. The van der Waals surface area contributed by atoms with Gasteiger partial charge in [0.2, 0.25) is 0 Å². The minimum absolute atomic E-state index is 0. The lowest BCUT2D eigenvalue weighted by molar-refractivity contribution is 0.135. The molecule has 172 valence electrons. The fraction of sp³-hybridized carbons (Fsp3) is 0.308. The lowest BCUT2D eigenvalue weighted by Crippen LogP contribution is -2.31. The van der Waals surface area contributed by atoms with Gasteiger partial charge >= 0.3 is 0 Å². The highest BCUT2D eigenvalue weighted by Gasteiger charge is 2.17. The minimum Gasteiger partial charge on any atom is -0.490 e. The maximum atomic E-state index is 10.6. The van der Waals surface area contributed by atoms with Crippen LogP contribution in [0.25, 0.3) is 0 Å². The molecule has 32 heavy (non-hydrogen) atoms. The summed E-state index contributed by atoms with van der Waals surface area (Å²) in [6.07, 6.45) is -0.597. The number of aliphatic hydroxyl groups is 1. The van der Waals surface area contributed by atoms with Crippen molar-refractivity contribution in [3.63, 3.8) is 0 Å². The number of halogens is 2. The molecule has 0 fully saturated rings. The summed E-state index contributed by atoms with van der Waals surface area (Å²) < 4.78 is 11.8. The van der Waals surface area contributed by atoms with Gasteiger partial charge in [0.25, 0.3) is 0 Å². The van der Waals surface area contributed by atoms with E-state index in [4.69, 9.17) is 21.1 Å². The number of hydrogen-bond donors (Lipinski definition) is 2. The van der Waals surface area contributed by atoms with Crippen molar-refractivity contribution in [1.29, 1.82) is 0 Å². The van der Waals surface area contributed by atoms with Crippen molar-refractivity contribution in [2.24, 2.45) is 0 Å². The first-order valence-electron chi connectivity index (χ1n) is 10.6. The summed E-state index contributed by atoms with van der Waals surface area (Å²) in [5.74, 6) is 1.17. The minimum atomic E-state index is -0.597. The molecule has 2 atom stereocenters. The Kier molecular flexibility index (Phi) is 10.3. The predicted molar refractivity (Wildman–Crippen MR) is 133 cm³/mol. The lowest BCUT2D eigenvalue weighted by Gasteiger charge is -2.21. The topological polar surface area (TPSA) is 50.7 Å². The number of hydrogen-bond acceptors (Lipinski definition) is 4. The molecule has 0 aromatic heterocycles. The van der Waals surface area contributed by atoms with Crippen LogP contribution in [0.15, 0.2) is 66.7 Å². The zero-order valence-corrected chi connectivity index (χ0v) is 20.2. The average molecular weight is 476 g/mol. The Balaban J connectivity index is 0.00000363. The number of aliphatic hydroxyl groups excluding tert-OH is 1. The number of nitrogens with one attached hydrogen (secondary N) is 1. The van der Waals surface area contributed by atoms with E-state index in [1.807, 2.05) is 68.4 Å². The van der Waals surface area contributed by atoms with Gasteiger partial charge in [-0.25, -0.2) is 0 Å². The Hall–Kier alpha value is -2.24. The zero-order valence-electron chi connectivity index (χ0n) is 18.7. The molecular weight excluding hydrogens is 445 g/mol. The number of rotatable bonds is 10. The van der Waals surface area contributed by atoms with E-state index in [0.29, 0.717) is 36.3 Å². The van der Waals surface area contributed by atoms with Crippen LogP contribution in [0.1, 0.15) is 42.2 Å². The molecule has 0 saturated heterocycles. The van der Waals surface area contributed by atoms with Crippen molar-refractivity contribution in [2.45, 2.75) is 46.1 Å². The van der Waals surface area contributed by atoms with Crippen LogP contribution in [0, 0.1) is 6.92 Å². The molecule has 4 nitrogen and oxygen atoms in total. The summed E-state index contributed by atoms with van der Waals surface area (Å²) in [5, 5.41) is 14.4. The van der Waals surface area contributed by atoms with Crippen LogP contribution in [0.5, 0.6) is 11.5 Å². The molecular formula is C26H31Cl2NO3. The molecule has 6 heteroatoms. The van der Waals surface area contributed by atoms with Crippen LogP contribution in [0.2, 0.25) is 5.02 Å². The van der Waals surface area contributed by atoms with E-state index in [1.165, 1.54) is 5.56 Å². The third-order valence-corrected chi connectivity index (χ3v) is 5.40. The van der Waals surface area contributed by atoms with E-state index in [2.05, 4.69) is 24.4 Å². The number of aryl methyl sites for hydroxylation is 1. The fourth-order valence-electron chi connectivity index (χ4n) is 3.30. The number of benzene rings is 3. The standard InChI is InChI=1S/C26H30ClNO3.ClH/c1-4-30-24-15-21(16-28-19(3)25(29)22-8-6-5-7-9-22)14-23(27)26(24)31-17-20-12-10-18(2)11-13-20;/h5-15,19,25,28-29H,4,16-17H2,1-3H3;1H. The van der Waals surface area contributed by atoms with Crippen molar-refractivity contribution in [1.82, 2.24) is 5.32 Å². The summed E-state index contributed by atoms with van der Waals surface area (Å²) in [6, 6.07) is 21.5. The maximum absolute atomic E-state index is 10.6. The molecule has 0 heterocycles. The van der Waals surface area contributed by atoms with Crippen molar-refractivity contribution in [3.8, 4) is 11.5 Å². The summed E-state index contributed by atoms with van der Waals surface area (Å²) in [4.78, 5) is 0. The van der Waals surface area contributed by atoms with Gasteiger partial charge in [0.05, 0.1) is 17.7 Å². The van der Waals surface area contributed by atoms with Gasteiger partial charge in [-0.3, -0.25) is 0 Å². The molecule has 3 aromatic carbocycles.